The summed E-state index contributed by atoms with van der Waals surface area (Å²) in [6.07, 6.45) is 10.6. The van der Waals surface area contributed by atoms with E-state index in [0.717, 1.165) is 23.6 Å². The Bertz CT molecular complexity index is 447. The van der Waals surface area contributed by atoms with E-state index in [4.69, 9.17) is 0 Å². The topological polar surface area (TPSA) is 37.0 Å². The molecule has 1 aromatic heterocycles. The molecule has 0 atom stereocenters. The number of pyridine rings is 1. The van der Waals surface area contributed by atoms with Gasteiger partial charge in [-0.25, -0.2) is 4.98 Å². The van der Waals surface area contributed by atoms with Crippen LogP contribution in [0.5, 0.6) is 0 Å². The maximum Gasteiger partial charge on any atom is 0.127 e. The first-order valence-corrected chi connectivity index (χ1v) is 7.67. The van der Waals surface area contributed by atoms with Crippen molar-refractivity contribution in [3.8, 4) is 0 Å². The van der Waals surface area contributed by atoms with Crippen LogP contribution < -0.4 is 10.6 Å². The maximum atomic E-state index is 4.30. The summed E-state index contributed by atoms with van der Waals surface area (Å²) in [7, 11) is 1.93. The summed E-state index contributed by atoms with van der Waals surface area (Å²) in [6.45, 7) is 0. The highest BCUT2D eigenvalue weighted by Crippen LogP contribution is 2.56. The lowest BCUT2D eigenvalue weighted by Gasteiger charge is -2.57. The summed E-state index contributed by atoms with van der Waals surface area (Å²) < 4.78 is 0. The molecule has 0 spiro atoms. The molecule has 2 N–H and O–H groups in total. The largest absolute Gasteiger partial charge is 0.379 e. The third kappa shape index (κ3) is 1.99. The summed E-state index contributed by atoms with van der Waals surface area (Å²) in [6, 6.07) is 4.25. The lowest BCUT2D eigenvalue weighted by atomic mass is 9.53. The highest BCUT2D eigenvalue weighted by Gasteiger charge is 2.50. The number of rotatable bonds is 3. The van der Waals surface area contributed by atoms with Crippen LogP contribution in [0.3, 0.4) is 0 Å². The van der Waals surface area contributed by atoms with E-state index in [1.54, 1.807) is 0 Å². The predicted molar refractivity (Wildman–Crippen MR) is 78.3 cm³/mol. The molecule has 0 saturated heterocycles. The second-order valence-corrected chi connectivity index (χ2v) is 7.00. The SMILES string of the molecule is CNc1cc(NC23CC4CC(CC(C4)C2)C3)ccn1. The highest BCUT2D eigenvalue weighted by molar-refractivity contribution is 5.53. The summed E-state index contributed by atoms with van der Waals surface area (Å²) in [5, 5.41) is 7.01. The van der Waals surface area contributed by atoms with Crippen molar-refractivity contribution in [3.05, 3.63) is 18.3 Å². The van der Waals surface area contributed by atoms with E-state index in [1.165, 1.54) is 44.2 Å². The monoisotopic (exact) mass is 257 g/mol. The van der Waals surface area contributed by atoms with Crippen molar-refractivity contribution in [2.45, 2.75) is 44.1 Å². The molecule has 0 unspecified atom stereocenters. The minimum absolute atomic E-state index is 0.390. The summed E-state index contributed by atoms with van der Waals surface area (Å²) in [5.74, 6) is 3.92. The number of aromatic nitrogens is 1. The van der Waals surface area contributed by atoms with Gasteiger partial charge in [-0.1, -0.05) is 0 Å². The Morgan fingerprint density at radius 3 is 2.32 bits per heavy atom. The van der Waals surface area contributed by atoms with Crippen LogP contribution in [0.2, 0.25) is 0 Å². The van der Waals surface area contributed by atoms with Crippen molar-refractivity contribution in [3.63, 3.8) is 0 Å². The molecule has 0 aliphatic heterocycles. The van der Waals surface area contributed by atoms with Gasteiger partial charge in [0, 0.05) is 30.5 Å². The van der Waals surface area contributed by atoms with Crippen LogP contribution >= 0.6 is 0 Å². The number of hydrogen-bond acceptors (Lipinski definition) is 3. The fraction of sp³-hybridized carbons (Fsp3) is 0.688. The molecule has 3 heteroatoms. The molecule has 4 aliphatic carbocycles. The van der Waals surface area contributed by atoms with Crippen molar-refractivity contribution in [2.75, 3.05) is 17.7 Å². The Balaban J connectivity index is 1.58. The van der Waals surface area contributed by atoms with Crippen molar-refractivity contribution >= 4 is 11.5 Å². The fourth-order valence-electron chi connectivity index (χ4n) is 5.21. The zero-order valence-corrected chi connectivity index (χ0v) is 11.7. The second-order valence-electron chi connectivity index (χ2n) is 7.00. The van der Waals surface area contributed by atoms with Gasteiger partial charge in [0.05, 0.1) is 0 Å². The van der Waals surface area contributed by atoms with E-state index in [-0.39, 0.29) is 0 Å². The Hall–Kier alpha value is -1.25. The van der Waals surface area contributed by atoms with E-state index >= 15 is 0 Å². The lowest BCUT2D eigenvalue weighted by Crippen LogP contribution is -2.54. The second kappa shape index (κ2) is 4.12. The van der Waals surface area contributed by atoms with Gasteiger partial charge < -0.3 is 10.6 Å². The first-order valence-electron chi connectivity index (χ1n) is 7.67. The fourth-order valence-corrected chi connectivity index (χ4v) is 5.21. The van der Waals surface area contributed by atoms with Crippen molar-refractivity contribution in [1.29, 1.82) is 0 Å². The minimum atomic E-state index is 0.390. The number of nitrogens with one attached hydrogen (secondary N) is 2. The van der Waals surface area contributed by atoms with Gasteiger partial charge in [-0.3, -0.25) is 0 Å². The number of hydrogen-bond donors (Lipinski definition) is 2. The van der Waals surface area contributed by atoms with Crippen LogP contribution in [-0.2, 0) is 0 Å². The Labute approximate surface area is 115 Å². The smallest absolute Gasteiger partial charge is 0.127 e. The van der Waals surface area contributed by atoms with Gasteiger partial charge in [0.2, 0.25) is 0 Å². The van der Waals surface area contributed by atoms with E-state index in [1.807, 2.05) is 13.2 Å². The summed E-state index contributed by atoms with van der Waals surface area (Å²) >= 11 is 0. The first kappa shape index (κ1) is 11.6. The molecule has 0 amide bonds. The third-order valence-corrected chi connectivity index (χ3v) is 5.46. The van der Waals surface area contributed by atoms with E-state index < -0.39 is 0 Å². The Morgan fingerprint density at radius 1 is 1.11 bits per heavy atom. The standard InChI is InChI=1S/C16H23N3/c1-17-15-7-14(2-3-18-15)19-16-8-11-4-12(9-16)6-13(5-11)10-16/h2-3,7,11-13H,4-6,8-10H2,1H3,(H2,17,18,19). The van der Waals surface area contributed by atoms with Gasteiger partial charge >= 0.3 is 0 Å². The van der Waals surface area contributed by atoms with Crippen molar-refractivity contribution in [1.82, 2.24) is 4.98 Å². The highest BCUT2D eigenvalue weighted by atomic mass is 15.0. The molecule has 0 aromatic carbocycles. The first-order chi connectivity index (χ1) is 9.25. The van der Waals surface area contributed by atoms with Crippen LogP contribution in [0.25, 0.3) is 0 Å². The molecule has 4 fully saturated rings. The van der Waals surface area contributed by atoms with Crippen molar-refractivity contribution < 1.29 is 0 Å². The normalized spacial score (nSPS) is 39.3. The van der Waals surface area contributed by atoms with Crippen LogP contribution in [0.1, 0.15) is 38.5 Å². The average Bonchev–Trinajstić information content (AvgIpc) is 2.36. The van der Waals surface area contributed by atoms with E-state index in [9.17, 15) is 0 Å². The maximum absolute atomic E-state index is 4.30. The molecule has 5 rings (SSSR count). The molecule has 4 bridgehead atoms. The molecule has 0 radical (unpaired) electrons. The zero-order valence-electron chi connectivity index (χ0n) is 11.7. The van der Waals surface area contributed by atoms with Crippen molar-refractivity contribution in [2.24, 2.45) is 17.8 Å². The average molecular weight is 257 g/mol. The van der Waals surface area contributed by atoms with Crippen LogP contribution in [-0.4, -0.2) is 17.6 Å². The Morgan fingerprint density at radius 2 is 1.74 bits per heavy atom. The number of anilines is 2. The molecule has 102 valence electrons. The van der Waals surface area contributed by atoms with Crippen LogP contribution in [0.15, 0.2) is 18.3 Å². The Kier molecular flexibility index (Phi) is 2.51. The molecule has 1 aromatic rings. The lowest BCUT2D eigenvalue weighted by molar-refractivity contribution is 0.0107. The molecule has 1 heterocycles. The molecule has 19 heavy (non-hydrogen) atoms. The zero-order chi connectivity index (χ0) is 12.9. The van der Waals surface area contributed by atoms with Gasteiger partial charge in [-0.2, -0.15) is 0 Å². The molecular formula is C16H23N3. The van der Waals surface area contributed by atoms with Gasteiger partial charge in [0.1, 0.15) is 5.82 Å². The minimum Gasteiger partial charge on any atom is -0.379 e. The van der Waals surface area contributed by atoms with Gasteiger partial charge in [-0.05, 0) is 62.3 Å². The number of nitrogens with zero attached hydrogens (tertiary/aromatic N) is 1. The molecule has 4 saturated carbocycles. The van der Waals surface area contributed by atoms with E-state index in [2.05, 4.69) is 27.8 Å². The van der Waals surface area contributed by atoms with Crippen LogP contribution in [0, 0.1) is 17.8 Å². The van der Waals surface area contributed by atoms with Crippen LogP contribution in [0.4, 0.5) is 11.5 Å². The summed E-state index contributed by atoms with van der Waals surface area (Å²) in [5.41, 5.74) is 1.63. The molecular weight excluding hydrogens is 234 g/mol. The quantitative estimate of drug-likeness (QED) is 0.870. The van der Waals surface area contributed by atoms with E-state index in [0.29, 0.717) is 5.54 Å². The third-order valence-electron chi connectivity index (χ3n) is 5.46. The van der Waals surface area contributed by atoms with Gasteiger partial charge in [-0.15, -0.1) is 0 Å². The molecule has 3 nitrogen and oxygen atoms in total. The predicted octanol–water partition coefficient (Wildman–Crippen LogP) is 3.50. The molecule has 4 aliphatic rings. The van der Waals surface area contributed by atoms with Gasteiger partial charge in [0.15, 0.2) is 0 Å². The summed E-state index contributed by atoms with van der Waals surface area (Å²) in [4.78, 5) is 4.30. The van der Waals surface area contributed by atoms with Gasteiger partial charge in [0.25, 0.3) is 0 Å².